The van der Waals surface area contributed by atoms with Crippen molar-refractivity contribution in [3.63, 3.8) is 0 Å². The van der Waals surface area contributed by atoms with E-state index in [-0.39, 0.29) is 10.6 Å². The highest BCUT2D eigenvalue weighted by Gasteiger charge is 2.14. The molecule has 0 aliphatic carbocycles. The zero-order chi connectivity index (χ0) is 14.3. The summed E-state index contributed by atoms with van der Waals surface area (Å²) in [5.74, 6) is 0. The van der Waals surface area contributed by atoms with Gasteiger partial charge in [0.15, 0.2) is 0 Å². The maximum atomic E-state index is 11.0. The summed E-state index contributed by atoms with van der Waals surface area (Å²) < 4.78 is 4.94. The minimum Gasteiger partial charge on any atom is -0.385 e. The van der Waals surface area contributed by atoms with Gasteiger partial charge in [-0.3, -0.25) is 10.1 Å². The fourth-order valence-electron chi connectivity index (χ4n) is 1.69. The Morgan fingerprint density at radius 1 is 1.53 bits per heavy atom. The van der Waals surface area contributed by atoms with E-state index in [2.05, 4.69) is 5.32 Å². The highest BCUT2D eigenvalue weighted by molar-refractivity contribution is 7.80. The lowest BCUT2D eigenvalue weighted by Crippen LogP contribution is -2.24. The van der Waals surface area contributed by atoms with E-state index >= 15 is 0 Å². The van der Waals surface area contributed by atoms with Crippen LogP contribution in [0.25, 0.3) is 0 Å². The third kappa shape index (κ3) is 4.57. The van der Waals surface area contributed by atoms with E-state index in [0.717, 1.165) is 12.0 Å². The number of methoxy groups -OCH3 is 1. The first kappa shape index (κ1) is 15.5. The molecule has 0 atom stereocenters. The quantitative estimate of drug-likeness (QED) is 0.360. The lowest BCUT2D eigenvalue weighted by molar-refractivity contribution is -0.385. The smallest absolute Gasteiger partial charge is 0.273 e. The maximum absolute atomic E-state index is 11.0. The first-order valence-corrected chi connectivity index (χ1v) is 6.55. The third-order valence-electron chi connectivity index (χ3n) is 2.74. The number of benzene rings is 1. The third-order valence-corrected chi connectivity index (χ3v) is 3.12. The molecule has 0 unspecified atom stereocenters. The van der Waals surface area contributed by atoms with Crippen LogP contribution >= 0.6 is 12.2 Å². The highest BCUT2D eigenvalue weighted by atomic mass is 32.1. The summed E-state index contributed by atoms with van der Waals surface area (Å²) in [7, 11) is 1.64. The average molecular weight is 282 g/mol. The van der Waals surface area contributed by atoms with Crippen molar-refractivity contribution < 1.29 is 9.66 Å². The Labute approximate surface area is 118 Å². The Hall–Kier alpha value is -1.53. The number of nitro benzene ring substituents is 1. The molecule has 5 nitrogen and oxygen atoms in total. The molecule has 0 amide bonds. The van der Waals surface area contributed by atoms with Gasteiger partial charge >= 0.3 is 0 Å². The first-order chi connectivity index (χ1) is 9.10. The van der Waals surface area contributed by atoms with Gasteiger partial charge in [-0.1, -0.05) is 31.3 Å². The van der Waals surface area contributed by atoms with E-state index in [4.69, 9.17) is 17.0 Å². The molecule has 1 aromatic carbocycles. The Morgan fingerprint density at radius 3 is 2.84 bits per heavy atom. The van der Waals surface area contributed by atoms with E-state index in [1.807, 2.05) is 13.0 Å². The summed E-state index contributed by atoms with van der Waals surface area (Å²) in [6.45, 7) is 3.24. The zero-order valence-corrected chi connectivity index (χ0v) is 12.0. The number of ether oxygens (including phenoxy) is 1. The van der Waals surface area contributed by atoms with Crippen molar-refractivity contribution in [3.8, 4) is 0 Å². The Balaban J connectivity index is 2.75. The number of nitrogens with one attached hydrogen (secondary N) is 1. The van der Waals surface area contributed by atoms with E-state index in [1.54, 1.807) is 13.2 Å². The van der Waals surface area contributed by atoms with Crippen molar-refractivity contribution in [1.29, 1.82) is 0 Å². The van der Waals surface area contributed by atoms with Gasteiger partial charge in [0.2, 0.25) is 0 Å². The SMILES string of the molecule is CCc1ccc(C(=S)NCCCOC)cc1[N+](=O)[O-]. The lowest BCUT2D eigenvalue weighted by atomic mass is 10.1. The summed E-state index contributed by atoms with van der Waals surface area (Å²) in [4.78, 5) is 11.1. The number of aryl methyl sites for hydroxylation is 1. The average Bonchev–Trinajstić information content (AvgIpc) is 2.42. The number of nitrogens with zero attached hydrogens (tertiary/aromatic N) is 1. The molecule has 0 saturated carbocycles. The molecule has 0 aliphatic heterocycles. The van der Waals surface area contributed by atoms with Gasteiger partial charge in [0.25, 0.3) is 5.69 Å². The van der Waals surface area contributed by atoms with Gasteiger partial charge in [-0.15, -0.1) is 0 Å². The van der Waals surface area contributed by atoms with Gasteiger partial charge in [0.05, 0.1) is 4.92 Å². The van der Waals surface area contributed by atoms with Crippen LogP contribution in [0.5, 0.6) is 0 Å². The van der Waals surface area contributed by atoms with Crippen LogP contribution in [0.2, 0.25) is 0 Å². The fraction of sp³-hybridized carbons (Fsp3) is 0.462. The molecule has 0 bridgehead atoms. The summed E-state index contributed by atoms with van der Waals surface area (Å²) in [6.07, 6.45) is 1.47. The van der Waals surface area contributed by atoms with Crippen LogP contribution in [-0.4, -0.2) is 30.2 Å². The van der Waals surface area contributed by atoms with Crippen molar-refractivity contribution in [2.75, 3.05) is 20.3 Å². The van der Waals surface area contributed by atoms with Crippen LogP contribution in [0.1, 0.15) is 24.5 Å². The minimum atomic E-state index is -0.365. The molecule has 1 N–H and O–H groups in total. The van der Waals surface area contributed by atoms with E-state index in [9.17, 15) is 10.1 Å². The molecule has 0 aromatic heterocycles. The van der Waals surface area contributed by atoms with Crippen LogP contribution in [-0.2, 0) is 11.2 Å². The van der Waals surface area contributed by atoms with Crippen LogP contribution in [0.3, 0.4) is 0 Å². The number of hydrogen-bond donors (Lipinski definition) is 1. The fourth-order valence-corrected chi connectivity index (χ4v) is 1.92. The van der Waals surface area contributed by atoms with Crippen LogP contribution in [0.4, 0.5) is 5.69 Å². The van der Waals surface area contributed by atoms with Gasteiger partial charge in [0, 0.05) is 37.5 Å². The van der Waals surface area contributed by atoms with Crippen molar-refractivity contribution in [2.45, 2.75) is 19.8 Å². The van der Waals surface area contributed by atoms with Gasteiger partial charge < -0.3 is 10.1 Å². The van der Waals surface area contributed by atoms with Crippen molar-refractivity contribution >= 4 is 22.9 Å². The molecule has 0 aliphatic rings. The molecule has 0 heterocycles. The lowest BCUT2D eigenvalue weighted by Gasteiger charge is -2.09. The van der Waals surface area contributed by atoms with E-state index < -0.39 is 0 Å². The second-order valence-electron chi connectivity index (χ2n) is 4.06. The van der Waals surface area contributed by atoms with Crippen LogP contribution < -0.4 is 5.32 Å². The van der Waals surface area contributed by atoms with Crippen molar-refractivity contribution in [1.82, 2.24) is 5.32 Å². The normalized spacial score (nSPS) is 10.2. The molecule has 0 spiro atoms. The largest absolute Gasteiger partial charge is 0.385 e. The highest BCUT2D eigenvalue weighted by Crippen LogP contribution is 2.21. The molecule has 0 radical (unpaired) electrons. The minimum absolute atomic E-state index is 0.126. The Morgan fingerprint density at radius 2 is 2.26 bits per heavy atom. The predicted molar refractivity (Wildman–Crippen MR) is 78.7 cm³/mol. The monoisotopic (exact) mass is 282 g/mol. The first-order valence-electron chi connectivity index (χ1n) is 6.14. The predicted octanol–water partition coefficient (Wildman–Crippen LogP) is 2.46. The molecular formula is C13H18N2O3S. The molecule has 0 saturated heterocycles. The molecule has 104 valence electrons. The van der Waals surface area contributed by atoms with Gasteiger partial charge in [-0.05, 0) is 12.8 Å². The van der Waals surface area contributed by atoms with Crippen LogP contribution in [0.15, 0.2) is 18.2 Å². The number of nitro groups is 1. The topological polar surface area (TPSA) is 64.4 Å². The van der Waals surface area contributed by atoms with E-state index in [1.165, 1.54) is 6.07 Å². The van der Waals surface area contributed by atoms with Gasteiger partial charge in [-0.2, -0.15) is 0 Å². The molecule has 6 heteroatoms. The number of thiocarbonyl (C=S) groups is 1. The second-order valence-corrected chi connectivity index (χ2v) is 4.46. The molecule has 0 fully saturated rings. The zero-order valence-electron chi connectivity index (χ0n) is 11.1. The summed E-state index contributed by atoms with van der Waals surface area (Å²) >= 11 is 5.22. The maximum Gasteiger partial charge on any atom is 0.273 e. The number of rotatable bonds is 7. The summed E-state index contributed by atoms with van der Waals surface area (Å²) in [5.41, 5.74) is 1.52. The second kappa shape index (κ2) is 7.81. The molecule has 1 rings (SSSR count). The summed E-state index contributed by atoms with van der Waals surface area (Å²) in [5, 5.41) is 14.0. The van der Waals surface area contributed by atoms with Crippen molar-refractivity contribution in [2.24, 2.45) is 0 Å². The standard InChI is InChI=1S/C13H18N2O3S/c1-3-10-5-6-11(9-12(10)15(16)17)13(19)14-7-4-8-18-2/h5-6,9H,3-4,7-8H2,1-2H3,(H,14,19). The van der Waals surface area contributed by atoms with E-state index in [0.29, 0.717) is 30.1 Å². The summed E-state index contributed by atoms with van der Waals surface area (Å²) in [6, 6.07) is 5.11. The van der Waals surface area contributed by atoms with Crippen molar-refractivity contribution in [3.05, 3.63) is 39.4 Å². The Bertz CT molecular complexity index is 463. The number of hydrogen-bond acceptors (Lipinski definition) is 4. The Kier molecular flexibility index (Phi) is 6.38. The molecular weight excluding hydrogens is 264 g/mol. The van der Waals surface area contributed by atoms with Gasteiger partial charge in [0.1, 0.15) is 4.99 Å². The molecule has 19 heavy (non-hydrogen) atoms. The van der Waals surface area contributed by atoms with Gasteiger partial charge in [-0.25, -0.2) is 0 Å². The molecule has 1 aromatic rings. The van der Waals surface area contributed by atoms with Crippen LogP contribution in [0, 0.1) is 10.1 Å².